The van der Waals surface area contributed by atoms with E-state index >= 15 is 0 Å². The first-order valence-corrected chi connectivity index (χ1v) is 5.44. The normalized spacial score (nSPS) is 30.4. The second kappa shape index (κ2) is 4.75. The smallest absolute Gasteiger partial charge is 0.139 e. The van der Waals surface area contributed by atoms with Crippen molar-refractivity contribution < 1.29 is 4.79 Å². The van der Waals surface area contributed by atoms with Crippen LogP contribution in [-0.2, 0) is 4.79 Å². The van der Waals surface area contributed by atoms with E-state index in [4.69, 9.17) is 5.73 Å². The van der Waals surface area contributed by atoms with Gasteiger partial charge in [0.15, 0.2) is 0 Å². The largest absolute Gasteiger partial charge is 0.330 e. The van der Waals surface area contributed by atoms with Gasteiger partial charge in [-0.25, -0.2) is 0 Å². The van der Waals surface area contributed by atoms with E-state index in [1.54, 1.807) is 0 Å². The van der Waals surface area contributed by atoms with Crippen molar-refractivity contribution in [3.63, 3.8) is 0 Å². The maximum absolute atomic E-state index is 11.9. The predicted molar refractivity (Wildman–Crippen MR) is 54.3 cm³/mol. The van der Waals surface area contributed by atoms with E-state index in [1.807, 2.05) is 6.92 Å². The fourth-order valence-corrected chi connectivity index (χ4v) is 2.26. The van der Waals surface area contributed by atoms with Gasteiger partial charge in [-0.3, -0.25) is 4.79 Å². The van der Waals surface area contributed by atoms with Gasteiger partial charge in [-0.2, -0.15) is 0 Å². The van der Waals surface area contributed by atoms with Gasteiger partial charge in [0.2, 0.25) is 0 Å². The van der Waals surface area contributed by atoms with Crippen molar-refractivity contribution >= 4 is 5.78 Å². The lowest BCUT2D eigenvalue weighted by molar-refractivity contribution is -0.127. The highest BCUT2D eigenvalue weighted by molar-refractivity contribution is 5.83. The van der Waals surface area contributed by atoms with Crippen LogP contribution in [0.2, 0.25) is 0 Å². The molecule has 0 bridgehead atoms. The average Bonchev–Trinajstić information content (AvgIpc) is 2.62. The van der Waals surface area contributed by atoms with Crippen molar-refractivity contribution in [3.05, 3.63) is 0 Å². The molecule has 3 atom stereocenters. The number of ketones is 1. The van der Waals surface area contributed by atoms with E-state index in [1.165, 1.54) is 6.42 Å². The van der Waals surface area contributed by atoms with Crippen molar-refractivity contribution in [1.29, 1.82) is 0 Å². The molecule has 2 N–H and O–H groups in total. The summed E-state index contributed by atoms with van der Waals surface area (Å²) in [4.78, 5) is 11.9. The Morgan fingerprint density at radius 2 is 2.23 bits per heavy atom. The zero-order chi connectivity index (χ0) is 9.84. The highest BCUT2D eigenvalue weighted by Crippen LogP contribution is 2.33. The van der Waals surface area contributed by atoms with E-state index in [0.29, 0.717) is 18.2 Å². The van der Waals surface area contributed by atoms with Crippen molar-refractivity contribution in [3.8, 4) is 0 Å². The van der Waals surface area contributed by atoms with Crippen LogP contribution in [0.4, 0.5) is 0 Å². The predicted octanol–water partition coefficient (Wildman–Crippen LogP) is 1.98. The molecule has 13 heavy (non-hydrogen) atoms. The average molecular weight is 183 g/mol. The number of hydrogen-bond donors (Lipinski definition) is 1. The Hall–Kier alpha value is -0.370. The third-order valence-electron chi connectivity index (χ3n) is 3.43. The van der Waals surface area contributed by atoms with Gasteiger partial charge < -0.3 is 5.73 Å². The minimum atomic E-state index is 0.233. The molecular formula is C11H21NO. The Morgan fingerprint density at radius 3 is 2.77 bits per heavy atom. The fraction of sp³-hybridized carbons (Fsp3) is 0.909. The molecule has 0 aromatic rings. The molecule has 1 rings (SSSR count). The van der Waals surface area contributed by atoms with E-state index in [0.717, 1.165) is 19.3 Å². The quantitative estimate of drug-likeness (QED) is 0.724. The third-order valence-corrected chi connectivity index (χ3v) is 3.43. The molecule has 0 aromatic heterocycles. The van der Waals surface area contributed by atoms with Crippen LogP contribution in [0.15, 0.2) is 0 Å². The van der Waals surface area contributed by atoms with Gasteiger partial charge in [0, 0.05) is 11.8 Å². The summed E-state index contributed by atoms with van der Waals surface area (Å²) in [5, 5.41) is 0. The van der Waals surface area contributed by atoms with Crippen molar-refractivity contribution in [2.75, 3.05) is 6.54 Å². The SMILES string of the molecule is CCC(C)C(=O)C1CCCC1CN. The first-order valence-electron chi connectivity index (χ1n) is 5.44. The lowest BCUT2D eigenvalue weighted by atomic mass is 9.85. The summed E-state index contributed by atoms with van der Waals surface area (Å²) in [5.74, 6) is 1.44. The Balaban J connectivity index is 2.54. The first-order chi connectivity index (χ1) is 6.20. The van der Waals surface area contributed by atoms with Gasteiger partial charge in [-0.15, -0.1) is 0 Å². The Labute approximate surface area is 80.9 Å². The third kappa shape index (κ3) is 2.31. The van der Waals surface area contributed by atoms with Gasteiger partial charge in [0.05, 0.1) is 0 Å². The molecule has 2 nitrogen and oxygen atoms in total. The highest BCUT2D eigenvalue weighted by Gasteiger charge is 2.33. The number of nitrogens with two attached hydrogens (primary N) is 1. The number of Topliss-reactive ketones (excluding diaryl/α,β-unsaturated/α-hetero) is 1. The summed E-state index contributed by atoms with van der Waals surface area (Å²) in [6.07, 6.45) is 4.38. The molecule has 1 fully saturated rings. The minimum Gasteiger partial charge on any atom is -0.330 e. The van der Waals surface area contributed by atoms with Gasteiger partial charge >= 0.3 is 0 Å². The summed E-state index contributed by atoms with van der Waals surface area (Å²) in [7, 11) is 0. The topological polar surface area (TPSA) is 43.1 Å². The molecule has 0 aromatic carbocycles. The molecule has 0 radical (unpaired) electrons. The molecule has 0 amide bonds. The summed E-state index contributed by atoms with van der Waals surface area (Å²) in [6, 6.07) is 0. The van der Waals surface area contributed by atoms with Gasteiger partial charge in [-0.05, 0) is 31.7 Å². The molecule has 76 valence electrons. The van der Waals surface area contributed by atoms with Crippen LogP contribution in [0.1, 0.15) is 39.5 Å². The molecule has 2 heteroatoms. The molecule has 1 aliphatic carbocycles. The molecular weight excluding hydrogens is 162 g/mol. The van der Waals surface area contributed by atoms with Crippen LogP contribution in [-0.4, -0.2) is 12.3 Å². The van der Waals surface area contributed by atoms with Crippen LogP contribution < -0.4 is 5.73 Å². The van der Waals surface area contributed by atoms with Gasteiger partial charge in [-0.1, -0.05) is 20.3 Å². The van der Waals surface area contributed by atoms with Crippen molar-refractivity contribution in [1.82, 2.24) is 0 Å². The number of carbonyl (C=O) groups excluding carboxylic acids is 1. The van der Waals surface area contributed by atoms with E-state index in [-0.39, 0.29) is 11.8 Å². The zero-order valence-electron chi connectivity index (χ0n) is 8.75. The molecule has 0 heterocycles. The van der Waals surface area contributed by atoms with Crippen molar-refractivity contribution in [2.45, 2.75) is 39.5 Å². The maximum atomic E-state index is 11.9. The van der Waals surface area contributed by atoms with E-state index < -0.39 is 0 Å². The molecule has 3 unspecified atom stereocenters. The molecule has 1 aliphatic rings. The minimum absolute atomic E-state index is 0.233. The maximum Gasteiger partial charge on any atom is 0.139 e. The summed E-state index contributed by atoms with van der Waals surface area (Å²) >= 11 is 0. The Morgan fingerprint density at radius 1 is 1.54 bits per heavy atom. The Bertz CT molecular complexity index is 179. The second-order valence-corrected chi connectivity index (χ2v) is 4.24. The monoisotopic (exact) mass is 183 g/mol. The van der Waals surface area contributed by atoms with Crippen molar-refractivity contribution in [2.24, 2.45) is 23.5 Å². The number of rotatable bonds is 4. The van der Waals surface area contributed by atoms with Crippen LogP contribution in [0, 0.1) is 17.8 Å². The molecule has 1 saturated carbocycles. The highest BCUT2D eigenvalue weighted by atomic mass is 16.1. The second-order valence-electron chi connectivity index (χ2n) is 4.24. The number of carbonyl (C=O) groups is 1. The van der Waals surface area contributed by atoms with E-state index in [2.05, 4.69) is 6.92 Å². The fourth-order valence-electron chi connectivity index (χ4n) is 2.26. The summed E-state index contributed by atoms with van der Waals surface area (Å²) in [6.45, 7) is 4.80. The van der Waals surface area contributed by atoms with Crippen LogP contribution in [0.5, 0.6) is 0 Å². The van der Waals surface area contributed by atoms with Crippen LogP contribution in [0.25, 0.3) is 0 Å². The molecule has 0 saturated heterocycles. The zero-order valence-corrected chi connectivity index (χ0v) is 8.75. The molecule has 0 spiro atoms. The van der Waals surface area contributed by atoms with Crippen LogP contribution >= 0.6 is 0 Å². The Kier molecular flexibility index (Phi) is 3.91. The van der Waals surface area contributed by atoms with Gasteiger partial charge in [0.25, 0.3) is 0 Å². The van der Waals surface area contributed by atoms with Crippen LogP contribution in [0.3, 0.4) is 0 Å². The molecule has 0 aliphatic heterocycles. The summed E-state index contributed by atoms with van der Waals surface area (Å²) in [5.41, 5.74) is 5.65. The first kappa shape index (κ1) is 10.7. The lowest BCUT2D eigenvalue weighted by Gasteiger charge is -2.19. The van der Waals surface area contributed by atoms with Gasteiger partial charge in [0.1, 0.15) is 5.78 Å². The van der Waals surface area contributed by atoms with E-state index in [9.17, 15) is 4.79 Å². The standard InChI is InChI=1S/C11H21NO/c1-3-8(2)11(13)10-6-4-5-9(10)7-12/h8-10H,3-7,12H2,1-2H3. The lowest BCUT2D eigenvalue weighted by Crippen LogP contribution is -2.28. The summed E-state index contributed by atoms with van der Waals surface area (Å²) < 4.78 is 0. The number of hydrogen-bond acceptors (Lipinski definition) is 2.